The number of hydrogen-bond acceptors (Lipinski definition) is 7. The van der Waals surface area contributed by atoms with Gasteiger partial charge in [0.1, 0.15) is 16.9 Å². The van der Waals surface area contributed by atoms with Crippen LogP contribution in [0.3, 0.4) is 0 Å². The minimum atomic E-state index is -3.80. The van der Waals surface area contributed by atoms with Gasteiger partial charge < -0.3 is 5.32 Å². The lowest BCUT2D eigenvalue weighted by Crippen LogP contribution is -2.22. The van der Waals surface area contributed by atoms with Crippen molar-refractivity contribution in [2.45, 2.75) is 29.0 Å². The van der Waals surface area contributed by atoms with Crippen LogP contribution in [0.5, 0.6) is 0 Å². The first kappa shape index (κ1) is 22.3. The molecule has 0 bridgehead atoms. The molecule has 0 aliphatic rings. The van der Waals surface area contributed by atoms with Gasteiger partial charge in [0.25, 0.3) is 10.0 Å². The van der Waals surface area contributed by atoms with E-state index < -0.39 is 15.3 Å². The van der Waals surface area contributed by atoms with Crippen molar-refractivity contribution >= 4 is 39.2 Å². The molecule has 3 rings (SSSR count). The second-order valence-corrected chi connectivity index (χ2v) is 9.52. The van der Waals surface area contributed by atoms with Crippen molar-refractivity contribution in [2.24, 2.45) is 0 Å². The molecule has 8 nitrogen and oxygen atoms in total. The lowest BCUT2D eigenvalue weighted by Gasteiger charge is -2.13. The van der Waals surface area contributed by atoms with Crippen LogP contribution >= 0.6 is 11.8 Å². The van der Waals surface area contributed by atoms with Gasteiger partial charge in [0.15, 0.2) is 0 Å². The van der Waals surface area contributed by atoms with E-state index in [0.717, 1.165) is 5.69 Å². The molecule has 0 saturated carbocycles. The molecule has 0 aliphatic heterocycles. The molecule has 1 amide bonds. The lowest BCUT2D eigenvalue weighted by molar-refractivity contribution is -0.115. The molecule has 0 radical (unpaired) electrons. The van der Waals surface area contributed by atoms with E-state index >= 15 is 0 Å². The Balaban J connectivity index is 1.66. The van der Waals surface area contributed by atoms with Gasteiger partial charge in [-0.25, -0.2) is 18.4 Å². The number of benzene rings is 1. The van der Waals surface area contributed by atoms with E-state index in [-0.39, 0.29) is 16.6 Å². The minimum absolute atomic E-state index is 0.0428. The highest BCUT2D eigenvalue weighted by atomic mass is 32.2. The Bertz CT molecular complexity index is 1220. The van der Waals surface area contributed by atoms with Gasteiger partial charge in [-0.1, -0.05) is 17.8 Å². The fourth-order valence-electron chi connectivity index (χ4n) is 2.51. The van der Waals surface area contributed by atoms with Crippen molar-refractivity contribution in [3.8, 4) is 6.07 Å². The summed E-state index contributed by atoms with van der Waals surface area (Å²) in [4.78, 5) is 20.9. The van der Waals surface area contributed by atoms with Gasteiger partial charge >= 0.3 is 0 Å². The van der Waals surface area contributed by atoms with E-state index in [1.165, 1.54) is 42.2 Å². The van der Waals surface area contributed by atoms with Gasteiger partial charge in [-0.3, -0.25) is 9.52 Å². The van der Waals surface area contributed by atoms with Crippen molar-refractivity contribution in [3.05, 3.63) is 72.1 Å². The van der Waals surface area contributed by atoms with Crippen LogP contribution in [-0.2, 0) is 14.8 Å². The third kappa shape index (κ3) is 5.81. The lowest BCUT2D eigenvalue weighted by atomic mass is 10.3. The summed E-state index contributed by atoms with van der Waals surface area (Å²) < 4.78 is 27.3. The summed E-state index contributed by atoms with van der Waals surface area (Å²) in [5.41, 5.74) is 1.61. The Morgan fingerprint density at radius 2 is 1.87 bits per heavy atom. The van der Waals surface area contributed by atoms with E-state index in [4.69, 9.17) is 0 Å². The van der Waals surface area contributed by atoms with Crippen molar-refractivity contribution < 1.29 is 13.2 Å². The van der Waals surface area contributed by atoms with Gasteiger partial charge in [-0.15, -0.1) is 0 Å². The molecule has 2 heterocycles. The van der Waals surface area contributed by atoms with Crippen molar-refractivity contribution in [1.29, 1.82) is 5.26 Å². The smallest absolute Gasteiger partial charge is 0.263 e. The van der Waals surface area contributed by atoms with E-state index in [1.807, 2.05) is 6.92 Å². The summed E-state index contributed by atoms with van der Waals surface area (Å²) in [6, 6.07) is 16.2. The molecule has 0 fully saturated rings. The predicted molar refractivity (Wildman–Crippen MR) is 119 cm³/mol. The fourth-order valence-corrected chi connectivity index (χ4v) is 4.46. The summed E-state index contributed by atoms with van der Waals surface area (Å²) in [5, 5.41) is 11.9. The summed E-state index contributed by atoms with van der Waals surface area (Å²) in [6.07, 6.45) is 1.49. The number of nitrogens with zero attached hydrogens (tertiary/aromatic N) is 3. The summed E-state index contributed by atoms with van der Waals surface area (Å²) in [6.45, 7) is 3.52. The van der Waals surface area contributed by atoms with Crippen LogP contribution in [-0.4, -0.2) is 29.5 Å². The summed E-state index contributed by atoms with van der Waals surface area (Å²) in [5.74, 6) is -0.0772. The zero-order valence-corrected chi connectivity index (χ0v) is 18.4. The summed E-state index contributed by atoms with van der Waals surface area (Å²) in [7, 11) is -3.80. The Hall–Kier alpha value is -3.42. The van der Waals surface area contributed by atoms with Crippen molar-refractivity contribution in [3.63, 3.8) is 0 Å². The normalized spacial score (nSPS) is 11.9. The molecule has 0 saturated heterocycles. The van der Waals surface area contributed by atoms with Crippen LogP contribution in [0.2, 0.25) is 0 Å². The summed E-state index contributed by atoms with van der Waals surface area (Å²) >= 11 is 1.19. The van der Waals surface area contributed by atoms with Crippen LogP contribution in [0.4, 0.5) is 11.5 Å². The molecular formula is C21H19N5O3S2. The van der Waals surface area contributed by atoms with Gasteiger partial charge in [0.05, 0.1) is 15.7 Å². The molecule has 3 aromatic rings. The number of pyridine rings is 2. The molecule has 1 unspecified atom stereocenters. The van der Waals surface area contributed by atoms with Crippen molar-refractivity contribution in [1.82, 2.24) is 9.97 Å². The number of rotatable bonds is 7. The first-order chi connectivity index (χ1) is 14.8. The molecule has 1 atom stereocenters. The van der Waals surface area contributed by atoms with Crippen molar-refractivity contribution in [2.75, 3.05) is 10.0 Å². The Labute approximate surface area is 184 Å². The van der Waals surface area contributed by atoms with Crippen LogP contribution in [0.1, 0.15) is 18.2 Å². The fraction of sp³-hybridized carbons (Fsp3) is 0.143. The zero-order valence-electron chi connectivity index (χ0n) is 16.7. The number of nitriles is 1. The number of thioether (sulfide) groups is 1. The standard InChI is InChI=1S/C21H19N5O3S2/c1-14-6-7-16(13-22)21(24-14)30-15(2)20(27)25-17-8-10-18(11-9-17)31(28,29)26-19-5-3-4-12-23-19/h3-12,15H,1-2H3,(H,23,26)(H,25,27). The number of carbonyl (C=O) groups excluding carboxylic acids is 1. The van der Waals surface area contributed by atoms with Gasteiger partial charge in [0, 0.05) is 17.6 Å². The molecule has 10 heteroatoms. The molecule has 1 aromatic carbocycles. The Kier molecular flexibility index (Phi) is 6.89. The molecule has 0 spiro atoms. The average Bonchev–Trinajstić information content (AvgIpc) is 2.74. The second-order valence-electron chi connectivity index (χ2n) is 6.51. The van der Waals surface area contributed by atoms with E-state index in [1.54, 1.807) is 37.3 Å². The van der Waals surface area contributed by atoms with Gasteiger partial charge in [-0.05, 0) is 62.4 Å². The number of carbonyl (C=O) groups is 1. The van der Waals surface area contributed by atoms with Crippen LogP contribution in [0, 0.1) is 18.3 Å². The monoisotopic (exact) mass is 453 g/mol. The topological polar surface area (TPSA) is 125 Å². The molecule has 158 valence electrons. The molecule has 2 aromatic heterocycles. The molecule has 2 N–H and O–H groups in total. The third-order valence-electron chi connectivity index (χ3n) is 4.11. The maximum absolute atomic E-state index is 12.5. The van der Waals surface area contributed by atoms with Gasteiger partial charge in [-0.2, -0.15) is 5.26 Å². The van der Waals surface area contributed by atoms with Crippen LogP contribution < -0.4 is 10.0 Å². The SMILES string of the molecule is Cc1ccc(C#N)c(SC(C)C(=O)Nc2ccc(S(=O)(=O)Nc3ccccn3)cc2)n1. The number of nitrogens with one attached hydrogen (secondary N) is 2. The van der Waals surface area contributed by atoms with E-state index in [9.17, 15) is 18.5 Å². The first-order valence-electron chi connectivity index (χ1n) is 9.17. The highest BCUT2D eigenvalue weighted by Crippen LogP contribution is 2.26. The Morgan fingerprint density at radius 1 is 1.13 bits per heavy atom. The maximum atomic E-state index is 12.5. The number of hydrogen-bond donors (Lipinski definition) is 2. The third-order valence-corrected chi connectivity index (χ3v) is 6.59. The first-order valence-corrected chi connectivity index (χ1v) is 11.5. The zero-order chi connectivity index (χ0) is 22.4. The van der Waals surface area contributed by atoms with Gasteiger partial charge in [0.2, 0.25) is 5.91 Å². The van der Waals surface area contributed by atoms with Crippen LogP contribution in [0.15, 0.2) is 70.7 Å². The van der Waals surface area contributed by atoms with E-state index in [2.05, 4.69) is 26.1 Å². The second kappa shape index (κ2) is 9.59. The number of amides is 1. The van der Waals surface area contributed by atoms with E-state index in [0.29, 0.717) is 16.3 Å². The number of anilines is 2. The predicted octanol–water partition coefficient (Wildman–Crippen LogP) is 3.58. The largest absolute Gasteiger partial charge is 0.325 e. The number of aromatic nitrogens is 2. The highest BCUT2D eigenvalue weighted by molar-refractivity contribution is 8.00. The average molecular weight is 454 g/mol. The number of sulfonamides is 1. The molecule has 31 heavy (non-hydrogen) atoms. The molecular weight excluding hydrogens is 434 g/mol. The Morgan fingerprint density at radius 3 is 2.52 bits per heavy atom. The maximum Gasteiger partial charge on any atom is 0.263 e. The number of aryl methyl sites for hydroxylation is 1. The quantitative estimate of drug-likeness (QED) is 0.524. The highest BCUT2D eigenvalue weighted by Gasteiger charge is 2.19. The van der Waals surface area contributed by atoms with Crippen LogP contribution in [0.25, 0.3) is 0 Å². The minimum Gasteiger partial charge on any atom is -0.325 e. The molecule has 0 aliphatic carbocycles.